The van der Waals surface area contributed by atoms with Gasteiger partial charge in [0.25, 0.3) is 0 Å². The van der Waals surface area contributed by atoms with Gasteiger partial charge in [-0.1, -0.05) is 34.8 Å². The number of benzene rings is 1. The van der Waals surface area contributed by atoms with E-state index in [0.29, 0.717) is 32.5 Å². The molecule has 5 nitrogen and oxygen atoms in total. The van der Waals surface area contributed by atoms with Crippen LogP contribution in [0.2, 0.25) is 15.1 Å². The van der Waals surface area contributed by atoms with Crippen LogP contribution in [0.3, 0.4) is 0 Å². The summed E-state index contributed by atoms with van der Waals surface area (Å²) < 4.78 is 5.55. The summed E-state index contributed by atoms with van der Waals surface area (Å²) in [5, 5.41) is 1.09. The molecule has 106 valence electrons. The molecule has 0 aliphatic carbocycles. The van der Waals surface area contributed by atoms with Gasteiger partial charge in [-0.25, -0.2) is 15.8 Å². The summed E-state index contributed by atoms with van der Waals surface area (Å²) in [6, 6.07) is 4.81. The highest BCUT2D eigenvalue weighted by Crippen LogP contribution is 2.36. The van der Waals surface area contributed by atoms with E-state index < -0.39 is 0 Å². The van der Waals surface area contributed by atoms with Crippen LogP contribution >= 0.6 is 34.8 Å². The fourth-order valence-corrected chi connectivity index (χ4v) is 2.50. The molecule has 3 N–H and O–H groups in total. The Morgan fingerprint density at radius 1 is 1.15 bits per heavy atom. The maximum atomic E-state index is 6.02. The monoisotopic (exact) mass is 332 g/mol. The molecule has 0 unspecified atom stereocenters. The number of halogens is 3. The third-order valence-corrected chi connectivity index (χ3v) is 3.14. The van der Waals surface area contributed by atoms with Gasteiger partial charge in [-0.2, -0.15) is 0 Å². The van der Waals surface area contributed by atoms with Crippen LogP contribution in [-0.2, 0) is 6.61 Å². The number of anilines is 1. The molecule has 0 fully saturated rings. The minimum Gasteiger partial charge on any atom is -0.482 e. The van der Waals surface area contributed by atoms with E-state index in [1.165, 1.54) is 0 Å². The predicted octanol–water partition coefficient (Wildman–Crippen LogP) is 3.61. The highest BCUT2D eigenvalue weighted by molar-refractivity contribution is 6.40. The van der Waals surface area contributed by atoms with Gasteiger partial charge in [0.2, 0.25) is 0 Å². The molecule has 1 aromatic carbocycles. The van der Waals surface area contributed by atoms with Gasteiger partial charge in [0, 0.05) is 16.8 Å². The number of hydrogen-bond donors (Lipinski definition) is 2. The molecule has 0 atom stereocenters. The second kappa shape index (κ2) is 6.45. The first kappa shape index (κ1) is 15.1. The van der Waals surface area contributed by atoms with Crippen molar-refractivity contribution in [1.29, 1.82) is 0 Å². The Labute approximate surface area is 131 Å². The molecule has 1 aromatic heterocycles. The van der Waals surface area contributed by atoms with Crippen molar-refractivity contribution in [2.45, 2.75) is 13.5 Å². The van der Waals surface area contributed by atoms with Crippen LogP contribution in [0.25, 0.3) is 0 Å². The van der Waals surface area contributed by atoms with E-state index in [2.05, 4.69) is 15.4 Å². The van der Waals surface area contributed by atoms with Crippen LogP contribution in [0.5, 0.6) is 5.75 Å². The largest absolute Gasteiger partial charge is 0.482 e. The van der Waals surface area contributed by atoms with Crippen LogP contribution in [0, 0.1) is 6.92 Å². The molecule has 1 heterocycles. The SMILES string of the molecule is Cc1cc(NN)nc(COc2c(Cl)cc(Cl)cc2Cl)n1. The number of nitrogens with one attached hydrogen (secondary N) is 1. The molecular formula is C12H11Cl3N4O. The van der Waals surface area contributed by atoms with Crippen LogP contribution in [0.4, 0.5) is 5.82 Å². The lowest BCUT2D eigenvalue weighted by Crippen LogP contribution is -2.12. The van der Waals surface area contributed by atoms with Crippen molar-refractivity contribution < 1.29 is 4.74 Å². The summed E-state index contributed by atoms with van der Waals surface area (Å²) in [5.41, 5.74) is 3.22. The van der Waals surface area contributed by atoms with Crippen molar-refractivity contribution in [3.63, 3.8) is 0 Å². The molecule has 0 radical (unpaired) electrons. The van der Waals surface area contributed by atoms with Crippen LogP contribution < -0.4 is 16.0 Å². The van der Waals surface area contributed by atoms with E-state index in [1.807, 2.05) is 6.92 Å². The summed E-state index contributed by atoms with van der Waals surface area (Å²) in [5.74, 6) is 6.62. The third-order valence-electron chi connectivity index (χ3n) is 2.36. The fourth-order valence-electron chi connectivity index (χ4n) is 1.57. The van der Waals surface area contributed by atoms with Gasteiger partial charge >= 0.3 is 0 Å². The lowest BCUT2D eigenvalue weighted by molar-refractivity contribution is 0.296. The average molecular weight is 334 g/mol. The summed E-state index contributed by atoms with van der Waals surface area (Å²) in [4.78, 5) is 8.39. The molecule has 0 saturated carbocycles. The van der Waals surface area contributed by atoms with Gasteiger partial charge in [0.05, 0.1) is 10.0 Å². The highest BCUT2D eigenvalue weighted by atomic mass is 35.5. The van der Waals surface area contributed by atoms with Crippen molar-refractivity contribution in [3.8, 4) is 5.75 Å². The first-order valence-electron chi connectivity index (χ1n) is 5.58. The van der Waals surface area contributed by atoms with Crippen molar-refractivity contribution >= 4 is 40.6 Å². The number of hydrogen-bond acceptors (Lipinski definition) is 5. The maximum Gasteiger partial charge on any atom is 0.168 e. The van der Waals surface area contributed by atoms with Gasteiger partial charge < -0.3 is 10.2 Å². The highest BCUT2D eigenvalue weighted by Gasteiger charge is 2.10. The molecular weight excluding hydrogens is 323 g/mol. The lowest BCUT2D eigenvalue weighted by atomic mass is 10.3. The molecule has 2 rings (SSSR count). The number of ether oxygens (including phenoxy) is 1. The quantitative estimate of drug-likeness (QED) is 0.660. The molecule has 0 amide bonds. The predicted molar refractivity (Wildman–Crippen MR) is 80.4 cm³/mol. The standard InChI is InChI=1S/C12H11Cl3N4O/c1-6-2-10(19-16)18-11(17-6)5-20-12-8(14)3-7(13)4-9(12)15/h2-4H,5,16H2,1H3,(H,17,18,19). The minimum absolute atomic E-state index is 0.109. The second-order valence-corrected chi connectivity index (χ2v) is 5.19. The summed E-state index contributed by atoms with van der Waals surface area (Å²) in [7, 11) is 0. The summed E-state index contributed by atoms with van der Waals surface area (Å²) in [6.45, 7) is 1.94. The third kappa shape index (κ3) is 3.64. The number of nitrogen functional groups attached to an aromatic ring is 1. The number of aryl methyl sites for hydroxylation is 1. The molecule has 0 aliphatic heterocycles. The van der Waals surface area contributed by atoms with Crippen molar-refractivity contribution in [3.05, 3.63) is 44.8 Å². The Balaban J connectivity index is 2.19. The van der Waals surface area contributed by atoms with Crippen molar-refractivity contribution in [2.75, 3.05) is 5.43 Å². The number of hydrazine groups is 1. The van der Waals surface area contributed by atoms with Gasteiger partial charge in [-0.15, -0.1) is 0 Å². The minimum atomic E-state index is 0.109. The first-order chi connectivity index (χ1) is 9.49. The average Bonchev–Trinajstić information content (AvgIpc) is 2.36. The molecule has 0 saturated heterocycles. The topological polar surface area (TPSA) is 73.1 Å². The maximum absolute atomic E-state index is 6.02. The number of rotatable bonds is 4. The Kier molecular flexibility index (Phi) is 4.88. The van der Waals surface area contributed by atoms with Gasteiger partial charge in [0.1, 0.15) is 12.4 Å². The normalized spacial score (nSPS) is 10.4. The van der Waals surface area contributed by atoms with Crippen LogP contribution in [0.1, 0.15) is 11.5 Å². The molecule has 0 bridgehead atoms. The zero-order chi connectivity index (χ0) is 14.7. The number of nitrogens with two attached hydrogens (primary N) is 1. The Morgan fingerprint density at radius 2 is 1.80 bits per heavy atom. The molecule has 2 aromatic rings. The summed E-state index contributed by atoms with van der Waals surface area (Å²) >= 11 is 17.9. The first-order valence-corrected chi connectivity index (χ1v) is 6.71. The zero-order valence-corrected chi connectivity index (χ0v) is 12.7. The summed E-state index contributed by atoms with van der Waals surface area (Å²) in [6.07, 6.45) is 0. The van der Waals surface area contributed by atoms with Gasteiger partial charge in [0.15, 0.2) is 11.6 Å². The number of aromatic nitrogens is 2. The molecule has 8 heteroatoms. The van der Waals surface area contributed by atoms with Gasteiger partial charge in [-0.3, -0.25) is 0 Å². The number of nitrogens with zero attached hydrogens (tertiary/aromatic N) is 2. The molecule has 20 heavy (non-hydrogen) atoms. The second-order valence-electron chi connectivity index (χ2n) is 3.94. The van der Waals surface area contributed by atoms with Crippen LogP contribution in [-0.4, -0.2) is 9.97 Å². The van der Waals surface area contributed by atoms with E-state index in [9.17, 15) is 0 Å². The fraction of sp³-hybridized carbons (Fsp3) is 0.167. The molecule has 0 spiro atoms. The van der Waals surface area contributed by atoms with Gasteiger partial charge in [-0.05, 0) is 19.1 Å². The Bertz CT molecular complexity index is 613. The lowest BCUT2D eigenvalue weighted by Gasteiger charge is -2.10. The molecule has 0 aliphatic rings. The van der Waals surface area contributed by atoms with Crippen LogP contribution in [0.15, 0.2) is 18.2 Å². The van der Waals surface area contributed by atoms with E-state index in [-0.39, 0.29) is 6.61 Å². The Hall–Kier alpha value is -1.27. The zero-order valence-electron chi connectivity index (χ0n) is 10.5. The van der Waals surface area contributed by atoms with E-state index >= 15 is 0 Å². The van der Waals surface area contributed by atoms with E-state index in [4.69, 9.17) is 45.4 Å². The van der Waals surface area contributed by atoms with E-state index in [1.54, 1.807) is 18.2 Å². The van der Waals surface area contributed by atoms with E-state index in [0.717, 1.165) is 5.69 Å². The van der Waals surface area contributed by atoms with Crippen molar-refractivity contribution in [2.24, 2.45) is 5.84 Å². The van der Waals surface area contributed by atoms with Crippen molar-refractivity contribution in [1.82, 2.24) is 9.97 Å². The Morgan fingerprint density at radius 3 is 2.40 bits per heavy atom. The smallest absolute Gasteiger partial charge is 0.168 e.